The normalized spacial score (nSPS) is 13.5. The Morgan fingerprint density at radius 1 is 1.33 bits per heavy atom. The van der Waals surface area contributed by atoms with Crippen molar-refractivity contribution in [2.24, 2.45) is 5.14 Å². The third-order valence-corrected chi connectivity index (χ3v) is 2.97. The fraction of sp³-hybridized carbons (Fsp3) is 0.400. The molecule has 2 N–H and O–H groups in total. The summed E-state index contributed by atoms with van der Waals surface area (Å²) >= 11 is 0. The van der Waals surface area contributed by atoms with Gasteiger partial charge in [0.15, 0.2) is 0 Å². The van der Waals surface area contributed by atoms with Crippen molar-refractivity contribution in [2.45, 2.75) is 25.2 Å². The maximum Gasteiger partial charge on any atom is 0.247 e. The molecular formula is C10H15NO3S. The molecule has 0 spiro atoms. The summed E-state index contributed by atoms with van der Waals surface area (Å²) in [5.74, 6) is 0.518. The smallest absolute Gasteiger partial charge is 0.247 e. The van der Waals surface area contributed by atoms with E-state index in [4.69, 9.17) is 9.88 Å². The predicted octanol–water partition coefficient (Wildman–Crippen LogP) is 1.48. The highest BCUT2D eigenvalue weighted by molar-refractivity contribution is 7.89. The van der Waals surface area contributed by atoms with Crippen molar-refractivity contribution in [3.8, 4) is 5.75 Å². The van der Waals surface area contributed by atoms with Crippen LogP contribution in [0.4, 0.5) is 0 Å². The molecule has 1 aromatic rings. The summed E-state index contributed by atoms with van der Waals surface area (Å²) in [5.41, 5.74) is -0.954. The van der Waals surface area contributed by atoms with E-state index in [9.17, 15) is 8.42 Å². The van der Waals surface area contributed by atoms with Gasteiger partial charge < -0.3 is 4.74 Å². The molecule has 0 aromatic heterocycles. The van der Waals surface area contributed by atoms with E-state index in [1.54, 1.807) is 24.3 Å². The summed E-state index contributed by atoms with van der Waals surface area (Å²) in [6.45, 7) is 1.88. The molecule has 1 rings (SSSR count). The minimum Gasteiger partial charge on any atom is -0.473 e. The van der Waals surface area contributed by atoms with Gasteiger partial charge in [-0.2, -0.15) is 0 Å². The van der Waals surface area contributed by atoms with E-state index in [1.807, 2.05) is 13.0 Å². The van der Waals surface area contributed by atoms with Crippen molar-refractivity contribution in [1.29, 1.82) is 0 Å². The third kappa shape index (κ3) is 3.89. The van der Waals surface area contributed by atoms with E-state index in [2.05, 4.69) is 0 Å². The summed E-state index contributed by atoms with van der Waals surface area (Å²) in [6, 6.07) is 8.79. The molecule has 15 heavy (non-hydrogen) atoms. The van der Waals surface area contributed by atoms with Gasteiger partial charge in [-0.25, -0.2) is 13.6 Å². The molecule has 1 unspecified atom stereocenters. The first-order valence-electron chi connectivity index (χ1n) is 4.77. The largest absolute Gasteiger partial charge is 0.473 e. The number of hydrogen-bond acceptors (Lipinski definition) is 3. The van der Waals surface area contributed by atoms with E-state index in [0.29, 0.717) is 18.6 Å². The highest BCUT2D eigenvalue weighted by Gasteiger charge is 2.21. The lowest BCUT2D eigenvalue weighted by Crippen LogP contribution is -2.33. The second-order valence-corrected chi connectivity index (χ2v) is 4.94. The zero-order valence-electron chi connectivity index (χ0n) is 8.59. The van der Waals surface area contributed by atoms with E-state index in [-0.39, 0.29) is 0 Å². The van der Waals surface area contributed by atoms with Crippen molar-refractivity contribution in [2.75, 3.05) is 0 Å². The van der Waals surface area contributed by atoms with E-state index < -0.39 is 15.5 Å². The average molecular weight is 229 g/mol. The first kappa shape index (κ1) is 12.0. The third-order valence-electron chi connectivity index (χ3n) is 1.90. The number of hydrogen-bond donors (Lipinski definition) is 1. The van der Waals surface area contributed by atoms with Crippen LogP contribution in [-0.2, 0) is 10.0 Å². The van der Waals surface area contributed by atoms with Gasteiger partial charge >= 0.3 is 0 Å². The molecule has 84 valence electrons. The van der Waals surface area contributed by atoms with Gasteiger partial charge in [-0.1, -0.05) is 31.5 Å². The van der Waals surface area contributed by atoms with Crippen LogP contribution in [0.5, 0.6) is 5.75 Å². The van der Waals surface area contributed by atoms with Crippen LogP contribution in [-0.4, -0.2) is 13.9 Å². The van der Waals surface area contributed by atoms with Crippen molar-refractivity contribution >= 4 is 10.0 Å². The van der Waals surface area contributed by atoms with Crippen molar-refractivity contribution < 1.29 is 13.2 Å². The van der Waals surface area contributed by atoms with E-state index in [1.165, 1.54) is 0 Å². The van der Waals surface area contributed by atoms with Crippen molar-refractivity contribution in [1.82, 2.24) is 0 Å². The summed E-state index contributed by atoms with van der Waals surface area (Å²) in [5, 5.41) is 5.06. The maximum absolute atomic E-state index is 11.2. The zero-order valence-corrected chi connectivity index (χ0v) is 9.41. The van der Waals surface area contributed by atoms with Gasteiger partial charge in [-0.3, -0.25) is 0 Å². The van der Waals surface area contributed by atoms with Gasteiger partial charge in [0, 0.05) is 6.42 Å². The van der Waals surface area contributed by atoms with Gasteiger partial charge in [0.2, 0.25) is 15.5 Å². The topological polar surface area (TPSA) is 69.4 Å². The number of para-hydroxylation sites is 1. The van der Waals surface area contributed by atoms with Gasteiger partial charge in [0.05, 0.1) is 0 Å². The SMILES string of the molecule is CCCC(Oc1ccccc1)S(N)(=O)=O. The minimum atomic E-state index is -3.65. The van der Waals surface area contributed by atoms with Gasteiger partial charge in [-0.15, -0.1) is 0 Å². The van der Waals surface area contributed by atoms with Gasteiger partial charge in [-0.05, 0) is 12.1 Å². The predicted molar refractivity (Wildman–Crippen MR) is 58.9 cm³/mol. The Labute approximate surface area is 90.1 Å². The molecule has 0 aliphatic rings. The summed E-state index contributed by atoms with van der Waals surface area (Å²) < 4.78 is 27.7. The number of sulfonamides is 1. The maximum atomic E-state index is 11.2. The average Bonchev–Trinajstić information content (AvgIpc) is 2.17. The molecule has 0 aliphatic carbocycles. The fourth-order valence-corrected chi connectivity index (χ4v) is 1.99. The minimum absolute atomic E-state index is 0.397. The molecule has 0 heterocycles. The molecule has 0 aliphatic heterocycles. The first-order chi connectivity index (χ1) is 7.04. The number of nitrogens with two attached hydrogens (primary N) is 1. The van der Waals surface area contributed by atoms with E-state index >= 15 is 0 Å². The molecule has 0 bridgehead atoms. The molecule has 5 heteroatoms. The summed E-state index contributed by atoms with van der Waals surface area (Å²) in [4.78, 5) is 0. The van der Waals surface area contributed by atoms with Crippen LogP contribution in [0.1, 0.15) is 19.8 Å². The van der Waals surface area contributed by atoms with Crippen molar-refractivity contribution in [3.63, 3.8) is 0 Å². The Kier molecular flexibility index (Phi) is 4.11. The number of rotatable bonds is 5. The quantitative estimate of drug-likeness (QED) is 0.831. The highest BCUT2D eigenvalue weighted by atomic mass is 32.2. The fourth-order valence-electron chi connectivity index (χ4n) is 1.18. The first-order valence-corrected chi connectivity index (χ1v) is 6.38. The van der Waals surface area contributed by atoms with Crippen LogP contribution in [0, 0.1) is 0 Å². The lowest BCUT2D eigenvalue weighted by molar-refractivity contribution is 0.261. The molecule has 0 amide bonds. The standard InChI is InChI=1S/C10H15NO3S/c1-2-6-10(15(11,12)13)14-9-7-4-3-5-8-9/h3-5,7-8,10H,2,6H2,1H3,(H2,11,12,13). The molecule has 0 fully saturated rings. The second-order valence-electron chi connectivity index (χ2n) is 3.24. The molecular weight excluding hydrogens is 214 g/mol. The Bertz CT molecular complexity index is 388. The van der Waals surface area contributed by atoms with Crippen LogP contribution in [0.25, 0.3) is 0 Å². The second kappa shape index (κ2) is 5.14. The lowest BCUT2D eigenvalue weighted by Gasteiger charge is -2.16. The number of ether oxygens (including phenoxy) is 1. The van der Waals surface area contributed by atoms with Crippen LogP contribution in [0.2, 0.25) is 0 Å². The number of benzene rings is 1. The molecule has 0 saturated heterocycles. The van der Waals surface area contributed by atoms with Crippen LogP contribution in [0.15, 0.2) is 30.3 Å². The van der Waals surface area contributed by atoms with Gasteiger partial charge in [0.25, 0.3) is 0 Å². The Balaban J connectivity index is 2.76. The summed E-state index contributed by atoms with van der Waals surface area (Å²) in [7, 11) is -3.65. The monoisotopic (exact) mass is 229 g/mol. The van der Waals surface area contributed by atoms with Crippen molar-refractivity contribution in [3.05, 3.63) is 30.3 Å². The molecule has 1 atom stereocenters. The van der Waals surface area contributed by atoms with E-state index in [0.717, 1.165) is 0 Å². The Morgan fingerprint density at radius 2 is 1.93 bits per heavy atom. The Morgan fingerprint density at radius 3 is 2.40 bits per heavy atom. The van der Waals surface area contributed by atoms with Gasteiger partial charge in [0.1, 0.15) is 5.75 Å². The molecule has 4 nitrogen and oxygen atoms in total. The lowest BCUT2D eigenvalue weighted by atomic mass is 10.3. The van der Waals surface area contributed by atoms with Crippen LogP contribution < -0.4 is 9.88 Å². The highest BCUT2D eigenvalue weighted by Crippen LogP contribution is 2.15. The molecule has 0 saturated carbocycles. The van der Waals surface area contributed by atoms with Crippen LogP contribution in [0.3, 0.4) is 0 Å². The molecule has 1 aromatic carbocycles. The van der Waals surface area contributed by atoms with Crippen LogP contribution >= 0.6 is 0 Å². The zero-order chi connectivity index (χ0) is 11.3. The summed E-state index contributed by atoms with van der Waals surface area (Å²) in [6.07, 6.45) is 1.10. The number of primary sulfonamides is 1. The molecule has 0 radical (unpaired) electrons. The Hall–Kier alpha value is -1.07.